The van der Waals surface area contributed by atoms with Crippen LogP contribution in [0.15, 0.2) is 48.6 Å². The van der Waals surface area contributed by atoms with Gasteiger partial charge in [-0.3, -0.25) is 4.79 Å². The van der Waals surface area contributed by atoms with Gasteiger partial charge in [0.1, 0.15) is 18.8 Å². The van der Waals surface area contributed by atoms with Gasteiger partial charge >= 0.3 is 5.97 Å². The maximum atomic E-state index is 11.2. The molecular weight excluding hydrogens is 456 g/mol. The monoisotopic (exact) mass is 488 g/mol. The van der Waals surface area contributed by atoms with Crippen molar-refractivity contribution in [3.8, 4) is 0 Å². The van der Waals surface area contributed by atoms with E-state index in [1.54, 1.807) is 0 Å². The fraction of sp³-hybridized carbons (Fsp3) is 0.444. The second-order valence-corrected chi connectivity index (χ2v) is 8.88. The van der Waals surface area contributed by atoms with E-state index in [4.69, 9.17) is 30.9 Å². The number of benzene rings is 2. The van der Waals surface area contributed by atoms with Crippen LogP contribution in [0.4, 0.5) is 0 Å². The summed E-state index contributed by atoms with van der Waals surface area (Å²) in [6.45, 7) is 3.53. The molecule has 2 aromatic carbocycles. The van der Waals surface area contributed by atoms with Gasteiger partial charge in [0.2, 0.25) is 0 Å². The minimum Gasteiger partial charge on any atom is -0.463 e. The zero-order valence-corrected chi connectivity index (χ0v) is 20.5. The van der Waals surface area contributed by atoms with E-state index in [2.05, 4.69) is 37.3 Å². The zero-order valence-electron chi connectivity index (χ0n) is 19.7. The molecule has 0 saturated carbocycles. The average molecular weight is 489 g/mol. The standard InChI is InChI=1S/C27H33ClO6/c1-3-19-7-9-20(10-8-19)11-21-12-25(22(13-26(21)28)15-32-16-23(31)14-29)27-6-4-5-24(34-27)17-33-18(2)30/h4-5,7-10,12-13,23-24,27,29,31H,3,6,11,14-17H2,1-2H3/t23?,24-,27+/m1/s1. The van der Waals surface area contributed by atoms with E-state index in [1.807, 2.05) is 18.2 Å². The number of aliphatic hydroxyl groups excluding tert-OH is 2. The Kier molecular flexibility index (Phi) is 10.1. The Labute approximate surface area is 206 Å². The van der Waals surface area contributed by atoms with Crippen molar-refractivity contribution in [1.82, 2.24) is 0 Å². The lowest BCUT2D eigenvalue weighted by Crippen LogP contribution is -2.25. The van der Waals surface area contributed by atoms with Gasteiger partial charge in [0.25, 0.3) is 0 Å². The molecule has 0 aliphatic carbocycles. The van der Waals surface area contributed by atoms with Crippen molar-refractivity contribution in [3.63, 3.8) is 0 Å². The average Bonchev–Trinajstić information content (AvgIpc) is 2.84. The summed E-state index contributed by atoms with van der Waals surface area (Å²) in [6.07, 6.45) is 4.73. The third-order valence-corrected chi connectivity index (χ3v) is 6.10. The fourth-order valence-corrected chi connectivity index (χ4v) is 4.12. The number of rotatable bonds is 11. The lowest BCUT2D eigenvalue weighted by molar-refractivity contribution is -0.145. The number of halogens is 1. The quantitative estimate of drug-likeness (QED) is 0.362. The van der Waals surface area contributed by atoms with Crippen LogP contribution in [0.25, 0.3) is 0 Å². The number of carbonyl (C=O) groups excluding carboxylic acids is 1. The lowest BCUT2D eigenvalue weighted by atomic mass is 9.93. The summed E-state index contributed by atoms with van der Waals surface area (Å²) < 4.78 is 17.0. The van der Waals surface area contributed by atoms with E-state index in [1.165, 1.54) is 12.5 Å². The normalized spacial score (nSPS) is 18.6. The van der Waals surface area contributed by atoms with Crippen LogP contribution in [0.3, 0.4) is 0 Å². The second-order valence-electron chi connectivity index (χ2n) is 8.47. The molecule has 0 radical (unpaired) electrons. The number of carbonyl (C=O) groups is 1. The van der Waals surface area contributed by atoms with Gasteiger partial charge in [-0.25, -0.2) is 0 Å². The molecule has 6 nitrogen and oxygen atoms in total. The summed E-state index contributed by atoms with van der Waals surface area (Å²) in [5, 5.41) is 19.3. The second kappa shape index (κ2) is 13.0. The highest BCUT2D eigenvalue weighted by molar-refractivity contribution is 6.31. The molecule has 0 saturated heterocycles. The molecule has 0 amide bonds. The van der Waals surface area contributed by atoms with Crippen molar-refractivity contribution in [2.75, 3.05) is 19.8 Å². The lowest BCUT2D eigenvalue weighted by Gasteiger charge is -2.28. The van der Waals surface area contributed by atoms with Gasteiger partial charge in [-0.15, -0.1) is 0 Å². The Bertz CT molecular complexity index is 972. The minimum absolute atomic E-state index is 0.0135. The molecule has 3 rings (SSSR count). The van der Waals surface area contributed by atoms with Gasteiger partial charge in [-0.1, -0.05) is 61.0 Å². The molecule has 0 aromatic heterocycles. The molecule has 0 bridgehead atoms. The van der Waals surface area contributed by atoms with Crippen LogP contribution in [0.5, 0.6) is 0 Å². The van der Waals surface area contributed by atoms with Gasteiger partial charge in [-0.2, -0.15) is 0 Å². The molecule has 1 unspecified atom stereocenters. The van der Waals surface area contributed by atoms with E-state index in [-0.39, 0.29) is 44.6 Å². The van der Waals surface area contributed by atoms with Crippen LogP contribution in [0.1, 0.15) is 54.2 Å². The van der Waals surface area contributed by atoms with Crippen LogP contribution in [0, 0.1) is 0 Å². The Balaban J connectivity index is 1.85. The summed E-state index contributed by atoms with van der Waals surface area (Å²) in [6, 6.07) is 12.5. The molecule has 34 heavy (non-hydrogen) atoms. The van der Waals surface area contributed by atoms with E-state index >= 15 is 0 Å². The molecule has 1 aliphatic rings. The Morgan fingerprint density at radius 3 is 2.62 bits per heavy atom. The molecule has 2 N–H and O–H groups in total. The summed E-state index contributed by atoms with van der Waals surface area (Å²) in [7, 11) is 0. The van der Waals surface area contributed by atoms with E-state index in [9.17, 15) is 9.90 Å². The van der Waals surface area contributed by atoms with Crippen molar-refractivity contribution in [3.05, 3.63) is 81.4 Å². The highest BCUT2D eigenvalue weighted by Crippen LogP contribution is 2.34. The molecule has 1 heterocycles. The van der Waals surface area contributed by atoms with Gasteiger partial charge in [-0.05, 0) is 53.1 Å². The van der Waals surface area contributed by atoms with Crippen molar-refractivity contribution in [2.24, 2.45) is 0 Å². The molecule has 3 atom stereocenters. The van der Waals surface area contributed by atoms with Crippen LogP contribution >= 0.6 is 11.6 Å². The van der Waals surface area contributed by atoms with Gasteiger partial charge in [0.05, 0.1) is 25.9 Å². The maximum absolute atomic E-state index is 11.2. The SMILES string of the molecule is CCc1ccc(Cc2cc([C@@H]3CC=C[C@H](COC(C)=O)O3)c(COCC(O)CO)cc2Cl)cc1. The number of esters is 1. The predicted molar refractivity (Wildman–Crippen MR) is 131 cm³/mol. The Morgan fingerprint density at radius 1 is 1.21 bits per heavy atom. The summed E-state index contributed by atoms with van der Waals surface area (Å²) in [5.74, 6) is -0.349. The first-order valence-electron chi connectivity index (χ1n) is 11.6. The number of hydrogen-bond acceptors (Lipinski definition) is 6. The number of ether oxygens (including phenoxy) is 3. The Morgan fingerprint density at radius 2 is 1.94 bits per heavy atom. The number of aliphatic hydroxyl groups is 2. The zero-order chi connectivity index (χ0) is 24.5. The van der Waals surface area contributed by atoms with Gasteiger partial charge in [0, 0.05) is 11.9 Å². The van der Waals surface area contributed by atoms with Crippen LogP contribution in [0.2, 0.25) is 5.02 Å². The Hall–Kier alpha value is -2.22. The first-order chi connectivity index (χ1) is 16.4. The number of aryl methyl sites for hydroxylation is 1. The molecule has 2 aromatic rings. The third kappa shape index (κ3) is 7.65. The largest absolute Gasteiger partial charge is 0.463 e. The van der Waals surface area contributed by atoms with Crippen molar-refractivity contribution < 1.29 is 29.2 Å². The molecule has 0 fully saturated rings. The fourth-order valence-electron chi connectivity index (χ4n) is 3.87. The molecule has 7 heteroatoms. The van der Waals surface area contributed by atoms with Gasteiger partial charge < -0.3 is 24.4 Å². The maximum Gasteiger partial charge on any atom is 0.302 e. The van der Waals surface area contributed by atoms with Crippen molar-refractivity contribution in [1.29, 1.82) is 0 Å². The molecule has 0 spiro atoms. The topological polar surface area (TPSA) is 85.2 Å². The van der Waals surface area contributed by atoms with E-state index in [0.717, 1.165) is 28.7 Å². The van der Waals surface area contributed by atoms with Crippen LogP contribution in [-0.2, 0) is 38.5 Å². The number of hydrogen-bond donors (Lipinski definition) is 2. The highest BCUT2D eigenvalue weighted by Gasteiger charge is 2.24. The minimum atomic E-state index is -0.939. The molecular formula is C27H33ClO6. The van der Waals surface area contributed by atoms with Crippen molar-refractivity contribution >= 4 is 17.6 Å². The molecule has 1 aliphatic heterocycles. The summed E-state index contributed by atoms with van der Waals surface area (Å²) in [4.78, 5) is 11.2. The first kappa shape index (κ1) is 26.4. The van der Waals surface area contributed by atoms with E-state index in [0.29, 0.717) is 17.9 Å². The van der Waals surface area contributed by atoms with Gasteiger partial charge in [0.15, 0.2) is 0 Å². The summed E-state index contributed by atoms with van der Waals surface area (Å²) >= 11 is 6.67. The molecule has 184 valence electrons. The predicted octanol–water partition coefficient (Wildman–Crippen LogP) is 4.31. The van der Waals surface area contributed by atoms with Crippen LogP contribution in [-0.4, -0.2) is 48.2 Å². The van der Waals surface area contributed by atoms with Crippen molar-refractivity contribution in [2.45, 2.75) is 58.0 Å². The highest BCUT2D eigenvalue weighted by atomic mass is 35.5. The van der Waals surface area contributed by atoms with E-state index < -0.39 is 6.10 Å². The smallest absolute Gasteiger partial charge is 0.302 e. The summed E-state index contributed by atoms with van der Waals surface area (Å²) in [5.41, 5.74) is 5.23. The third-order valence-electron chi connectivity index (χ3n) is 5.75. The first-order valence-corrected chi connectivity index (χ1v) is 12.0. The van der Waals surface area contributed by atoms with Crippen LogP contribution < -0.4 is 0 Å².